The Morgan fingerprint density at radius 1 is 1.33 bits per heavy atom. The van der Waals surface area contributed by atoms with Crippen LogP contribution in [0.5, 0.6) is 0 Å². The first-order valence-electron chi connectivity index (χ1n) is 7.13. The normalized spacial score (nSPS) is 13.2. The molecule has 0 fully saturated rings. The van der Waals surface area contributed by atoms with Gasteiger partial charge in [-0.3, -0.25) is 0 Å². The number of hydrogen-bond acceptors (Lipinski definition) is 6. The SMILES string of the molecule is CCC(Nc1nc(C(C)(C)C)nc(N)c1C)c1nccs1. The molecule has 21 heavy (non-hydrogen) atoms. The number of hydrogen-bond donors (Lipinski definition) is 2. The molecule has 114 valence electrons. The minimum atomic E-state index is -0.138. The zero-order valence-corrected chi connectivity index (χ0v) is 14.1. The summed E-state index contributed by atoms with van der Waals surface area (Å²) >= 11 is 1.65. The molecule has 2 rings (SSSR count). The molecule has 0 aliphatic carbocycles. The third kappa shape index (κ3) is 3.50. The molecule has 5 nitrogen and oxygen atoms in total. The summed E-state index contributed by atoms with van der Waals surface area (Å²) in [5.41, 5.74) is 6.80. The lowest BCUT2D eigenvalue weighted by molar-refractivity contribution is 0.545. The Hall–Kier alpha value is -1.69. The molecule has 0 saturated heterocycles. The quantitative estimate of drug-likeness (QED) is 0.901. The van der Waals surface area contributed by atoms with Crippen molar-refractivity contribution in [2.75, 3.05) is 11.1 Å². The first-order chi connectivity index (χ1) is 9.82. The predicted octanol–water partition coefficient (Wildman–Crippen LogP) is 3.68. The average molecular weight is 305 g/mol. The van der Waals surface area contributed by atoms with Crippen molar-refractivity contribution >= 4 is 23.0 Å². The molecule has 3 N–H and O–H groups in total. The number of nitrogens with one attached hydrogen (secondary N) is 1. The van der Waals surface area contributed by atoms with Gasteiger partial charge in [0.05, 0.1) is 6.04 Å². The van der Waals surface area contributed by atoms with Gasteiger partial charge in [-0.1, -0.05) is 27.7 Å². The van der Waals surface area contributed by atoms with E-state index in [0.717, 1.165) is 28.6 Å². The standard InChI is InChI=1S/C15H23N5S/c1-6-10(13-17-7-8-21-13)18-12-9(2)11(16)19-14(20-12)15(3,4)5/h7-8,10H,6H2,1-5H3,(H3,16,18,19,20). The summed E-state index contributed by atoms with van der Waals surface area (Å²) in [5, 5.41) is 6.52. The fourth-order valence-electron chi connectivity index (χ4n) is 1.92. The molecule has 1 atom stereocenters. The Morgan fingerprint density at radius 2 is 2.05 bits per heavy atom. The van der Waals surface area contributed by atoms with Crippen LogP contribution in [0.4, 0.5) is 11.6 Å². The number of nitrogens with two attached hydrogens (primary N) is 1. The largest absolute Gasteiger partial charge is 0.383 e. The van der Waals surface area contributed by atoms with Gasteiger partial charge in [0.15, 0.2) is 0 Å². The molecule has 2 aromatic heterocycles. The highest BCUT2D eigenvalue weighted by Crippen LogP contribution is 2.29. The minimum absolute atomic E-state index is 0.138. The molecule has 0 radical (unpaired) electrons. The van der Waals surface area contributed by atoms with E-state index in [1.165, 1.54) is 0 Å². The smallest absolute Gasteiger partial charge is 0.138 e. The van der Waals surface area contributed by atoms with Crippen molar-refractivity contribution in [3.63, 3.8) is 0 Å². The van der Waals surface area contributed by atoms with E-state index in [1.807, 2.05) is 18.5 Å². The summed E-state index contributed by atoms with van der Waals surface area (Å²) < 4.78 is 0. The van der Waals surface area contributed by atoms with Gasteiger partial charge in [0, 0.05) is 22.6 Å². The van der Waals surface area contributed by atoms with Crippen LogP contribution in [0.25, 0.3) is 0 Å². The monoisotopic (exact) mass is 305 g/mol. The van der Waals surface area contributed by atoms with Crippen molar-refractivity contribution in [2.45, 2.75) is 52.5 Å². The number of rotatable bonds is 4. The molecule has 2 aromatic rings. The van der Waals surface area contributed by atoms with Gasteiger partial charge in [-0.05, 0) is 13.3 Å². The van der Waals surface area contributed by atoms with Crippen LogP contribution in [-0.2, 0) is 5.41 Å². The molecule has 0 amide bonds. The van der Waals surface area contributed by atoms with Crippen molar-refractivity contribution in [3.8, 4) is 0 Å². The summed E-state index contributed by atoms with van der Waals surface area (Å²) in [6, 6.07) is 0.144. The van der Waals surface area contributed by atoms with Gasteiger partial charge >= 0.3 is 0 Å². The second-order valence-electron chi connectivity index (χ2n) is 6.13. The Balaban J connectivity index is 2.37. The molecule has 1 unspecified atom stereocenters. The van der Waals surface area contributed by atoms with E-state index < -0.39 is 0 Å². The molecule has 0 bridgehead atoms. The van der Waals surface area contributed by atoms with Crippen LogP contribution in [0.1, 0.15) is 56.6 Å². The van der Waals surface area contributed by atoms with Crippen molar-refractivity contribution < 1.29 is 0 Å². The van der Waals surface area contributed by atoms with E-state index in [0.29, 0.717) is 5.82 Å². The number of nitrogens with zero attached hydrogens (tertiary/aromatic N) is 3. The predicted molar refractivity (Wildman–Crippen MR) is 88.7 cm³/mol. The van der Waals surface area contributed by atoms with E-state index >= 15 is 0 Å². The average Bonchev–Trinajstić information content (AvgIpc) is 2.93. The Labute approximate surface area is 130 Å². The van der Waals surface area contributed by atoms with Crippen molar-refractivity contribution in [3.05, 3.63) is 28.0 Å². The molecule has 0 aliphatic heterocycles. The summed E-state index contributed by atoms with van der Waals surface area (Å²) in [4.78, 5) is 13.5. The first kappa shape index (κ1) is 15.7. The number of nitrogen functional groups attached to an aromatic ring is 1. The summed E-state index contributed by atoms with van der Waals surface area (Å²) in [7, 11) is 0. The summed E-state index contributed by atoms with van der Waals surface area (Å²) in [6.45, 7) is 10.3. The van der Waals surface area contributed by atoms with Crippen LogP contribution in [0.15, 0.2) is 11.6 Å². The zero-order valence-electron chi connectivity index (χ0n) is 13.3. The fraction of sp³-hybridized carbons (Fsp3) is 0.533. The van der Waals surface area contributed by atoms with Gasteiger partial charge in [0.1, 0.15) is 22.5 Å². The molecule has 0 saturated carbocycles. The maximum absolute atomic E-state index is 6.05. The van der Waals surface area contributed by atoms with E-state index in [2.05, 4.69) is 48.0 Å². The lowest BCUT2D eigenvalue weighted by Gasteiger charge is -2.22. The molecule has 2 heterocycles. The second kappa shape index (κ2) is 5.97. The molecular formula is C15H23N5S. The highest BCUT2D eigenvalue weighted by Gasteiger charge is 2.22. The van der Waals surface area contributed by atoms with E-state index in [1.54, 1.807) is 11.3 Å². The van der Waals surface area contributed by atoms with Crippen LogP contribution in [0.2, 0.25) is 0 Å². The van der Waals surface area contributed by atoms with E-state index in [9.17, 15) is 0 Å². The van der Waals surface area contributed by atoms with Crippen LogP contribution in [0.3, 0.4) is 0 Å². The lowest BCUT2D eigenvalue weighted by atomic mass is 9.95. The summed E-state index contributed by atoms with van der Waals surface area (Å²) in [5.74, 6) is 2.09. The van der Waals surface area contributed by atoms with E-state index in [-0.39, 0.29) is 11.5 Å². The minimum Gasteiger partial charge on any atom is -0.383 e. The van der Waals surface area contributed by atoms with E-state index in [4.69, 9.17) is 5.73 Å². The van der Waals surface area contributed by atoms with Crippen LogP contribution < -0.4 is 11.1 Å². The second-order valence-corrected chi connectivity index (χ2v) is 7.06. The molecule has 6 heteroatoms. The third-order valence-electron chi connectivity index (χ3n) is 3.32. The summed E-state index contributed by atoms with van der Waals surface area (Å²) in [6.07, 6.45) is 2.76. The van der Waals surface area contributed by atoms with Crippen LogP contribution >= 0.6 is 11.3 Å². The highest BCUT2D eigenvalue weighted by atomic mass is 32.1. The Morgan fingerprint density at radius 3 is 2.57 bits per heavy atom. The number of aromatic nitrogens is 3. The molecular weight excluding hydrogens is 282 g/mol. The van der Waals surface area contributed by atoms with Crippen molar-refractivity contribution in [2.24, 2.45) is 0 Å². The maximum atomic E-state index is 6.05. The lowest BCUT2D eigenvalue weighted by Crippen LogP contribution is -2.20. The number of thiazole rings is 1. The zero-order chi connectivity index (χ0) is 15.6. The number of anilines is 2. The topological polar surface area (TPSA) is 76.7 Å². The van der Waals surface area contributed by atoms with Crippen molar-refractivity contribution in [1.29, 1.82) is 0 Å². The van der Waals surface area contributed by atoms with Gasteiger partial charge in [0.2, 0.25) is 0 Å². The van der Waals surface area contributed by atoms with Gasteiger partial charge < -0.3 is 11.1 Å². The molecule has 0 spiro atoms. The van der Waals surface area contributed by atoms with Gasteiger partial charge in [0.25, 0.3) is 0 Å². The Bertz CT molecular complexity index is 601. The van der Waals surface area contributed by atoms with Crippen molar-refractivity contribution in [1.82, 2.24) is 15.0 Å². The van der Waals surface area contributed by atoms with Gasteiger partial charge in [-0.2, -0.15) is 0 Å². The van der Waals surface area contributed by atoms with Crippen LogP contribution in [-0.4, -0.2) is 15.0 Å². The van der Waals surface area contributed by atoms with Crippen LogP contribution in [0, 0.1) is 6.92 Å². The maximum Gasteiger partial charge on any atom is 0.138 e. The van der Waals surface area contributed by atoms with Gasteiger partial charge in [-0.15, -0.1) is 11.3 Å². The molecule has 0 aromatic carbocycles. The highest BCUT2D eigenvalue weighted by molar-refractivity contribution is 7.09. The first-order valence-corrected chi connectivity index (χ1v) is 8.01. The van der Waals surface area contributed by atoms with Gasteiger partial charge in [-0.25, -0.2) is 15.0 Å². The Kier molecular flexibility index (Phi) is 4.46. The fourth-order valence-corrected chi connectivity index (χ4v) is 2.69. The molecule has 0 aliphatic rings. The third-order valence-corrected chi connectivity index (χ3v) is 4.21.